The number of phenolic OH excluding ortho intramolecular Hbond substituents is 1. The van der Waals surface area contributed by atoms with Crippen molar-refractivity contribution in [1.82, 2.24) is 5.32 Å². The minimum atomic E-state index is -0.289. The van der Waals surface area contributed by atoms with Crippen molar-refractivity contribution in [3.05, 3.63) is 75.5 Å². The number of phenols is 1. The lowest BCUT2D eigenvalue weighted by molar-refractivity contribution is 0.0957. The Hall–Kier alpha value is -3.32. The van der Waals surface area contributed by atoms with Crippen LogP contribution in [0.25, 0.3) is 0 Å². The summed E-state index contributed by atoms with van der Waals surface area (Å²) in [5.74, 6) is 0.435. The molecule has 1 aromatic heterocycles. The van der Waals surface area contributed by atoms with Crippen molar-refractivity contribution in [1.29, 1.82) is 0 Å². The van der Waals surface area contributed by atoms with E-state index < -0.39 is 0 Å². The van der Waals surface area contributed by atoms with E-state index in [9.17, 15) is 14.7 Å². The number of carbonyl (C=O) groups is 2. The molecule has 162 valence electrons. The molecular weight excluding hydrogens is 412 g/mol. The average Bonchev–Trinajstić information content (AvgIpc) is 3.29. The van der Waals surface area contributed by atoms with Gasteiger partial charge in [0.05, 0.1) is 17.7 Å². The van der Waals surface area contributed by atoms with Crippen LogP contribution in [0.2, 0.25) is 0 Å². The molecular formula is C24H26N2O4S. The number of para-hydroxylation sites is 1. The largest absolute Gasteiger partial charge is 0.508 e. The fraction of sp³-hybridized carbons (Fsp3) is 0.250. The third kappa shape index (κ3) is 5.44. The van der Waals surface area contributed by atoms with Gasteiger partial charge in [0.15, 0.2) is 0 Å². The van der Waals surface area contributed by atoms with Crippen molar-refractivity contribution in [3.8, 4) is 11.5 Å². The van der Waals surface area contributed by atoms with Gasteiger partial charge in [-0.2, -0.15) is 0 Å². The van der Waals surface area contributed by atoms with Crippen LogP contribution in [0.3, 0.4) is 0 Å². The van der Waals surface area contributed by atoms with E-state index in [1.807, 2.05) is 37.4 Å². The molecule has 0 spiro atoms. The molecule has 0 aliphatic rings. The molecule has 0 unspecified atom stereocenters. The summed E-state index contributed by atoms with van der Waals surface area (Å²) < 4.78 is 5.56. The molecule has 3 N–H and O–H groups in total. The summed E-state index contributed by atoms with van der Waals surface area (Å²) in [6.07, 6.45) is 0.556. The topological polar surface area (TPSA) is 87.7 Å². The minimum Gasteiger partial charge on any atom is -0.508 e. The molecule has 6 nitrogen and oxygen atoms in total. The molecule has 3 aromatic rings. The van der Waals surface area contributed by atoms with E-state index in [1.54, 1.807) is 31.4 Å². The standard InChI is InChI=1S/C24H26N2O4S/c1-15(2)18-14-17(9-10-20(18)27)23(28)26-19-7-4-6-16(22(19)30-3)11-12-25-24(29)21-8-5-13-31-21/h4-10,13-15,27H,11-12H2,1-3H3,(H,25,29)(H,26,28). The molecule has 3 rings (SSSR count). The quantitative estimate of drug-likeness (QED) is 0.471. The molecule has 2 amide bonds. The first-order chi connectivity index (χ1) is 14.9. The Labute approximate surface area is 185 Å². The summed E-state index contributed by atoms with van der Waals surface area (Å²) in [6, 6.07) is 14.0. The highest BCUT2D eigenvalue weighted by Gasteiger charge is 2.16. The van der Waals surface area contributed by atoms with E-state index in [0.717, 1.165) is 11.1 Å². The number of rotatable bonds is 8. The summed E-state index contributed by atoms with van der Waals surface area (Å²) >= 11 is 1.40. The number of hydrogen-bond donors (Lipinski definition) is 3. The molecule has 2 aromatic carbocycles. The predicted molar refractivity (Wildman–Crippen MR) is 123 cm³/mol. The zero-order valence-electron chi connectivity index (χ0n) is 17.8. The molecule has 0 atom stereocenters. The van der Waals surface area contributed by atoms with Gasteiger partial charge in [0.2, 0.25) is 0 Å². The van der Waals surface area contributed by atoms with Crippen LogP contribution in [-0.2, 0) is 6.42 Å². The number of benzene rings is 2. The van der Waals surface area contributed by atoms with E-state index in [2.05, 4.69) is 10.6 Å². The van der Waals surface area contributed by atoms with Crippen LogP contribution in [0.15, 0.2) is 53.9 Å². The van der Waals surface area contributed by atoms with Crippen molar-refractivity contribution in [2.75, 3.05) is 19.0 Å². The van der Waals surface area contributed by atoms with Gasteiger partial charge in [-0.15, -0.1) is 11.3 Å². The van der Waals surface area contributed by atoms with E-state index in [0.29, 0.717) is 34.8 Å². The summed E-state index contributed by atoms with van der Waals surface area (Å²) in [5.41, 5.74) is 2.60. The van der Waals surface area contributed by atoms with Gasteiger partial charge in [-0.1, -0.05) is 32.0 Å². The molecule has 31 heavy (non-hydrogen) atoms. The van der Waals surface area contributed by atoms with Gasteiger partial charge in [-0.25, -0.2) is 0 Å². The van der Waals surface area contributed by atoms with Crippen LogP contribution in [0.1, 0.15) is 50.9 Å². The number of ether oxygens (including phenoxy) is 1. The summed E-state index contributed by atoms with van der Waals surface area (Å²) in [7, 11) is 1.55. The lowest BCUT2D eigenvalue weighted by Gasteiger charge is -2.15. The molecule has 0 bridgehead atoms. The van der Waals surface area contributed by atoms with Crippen LogP contribution >= 0.6 is 11.3 Å². The minimum absolute atomic E-state index is 0.0926. The van der Waals surface area contributed by atoms with Crippen LogP contribution in [0.4, 0.5) is 5.69 Å². The number of anilines is 1. The van der Waals surface area contributed by atoms with Gasteiger partial charge in [-0.05, 0) is 59.2 Å². The molecule has 0 fully saturated rings. The normalized spacial score (nSPS) is 10.7. The second-order valence-electron chi connectivity index (χ2n) is 7.36. The van der Waals surface area contributed by atoms with Gasteiger partial charge in [-0.3, -0.25) is 9.59 Å². The first kappa shape index (κ1) is 22.4. The number of thiophene rings is 1. The monoisotopic (exact) mass is 438 g/mol. The van der Waals surface area contributed by atoms with Gasteiger partial charge in [0.1, 0.15) is 11.5 Å². The van der Waals surface area contributed by atoms with Crippen molar-refractivity contribution < 1.29 is 19.4 Å². The van der Waals surface area contributed by atoms with Gasteiger partial charge < -0.3 is 20.5 Å². The Bertz CT molecular complexity index is 1060. The molecule has 1 heterocycles. The van der Waals surface area contributed by atoms with Crippen molar-refractivity contribution >= 4 is 28.8 Å². The highest BCUT2D eigenvalue weighted by molar-refractivity contribution is 7.12. The molecule has 0 aliphatic heterocycles. The van der Waals surface area contributed by atoms with E-state index >= 15 is 0 Å². The predicted octanol–water partition coefficient (Wildman–Crippen LogP) is 4.81. The Morgan fingerprint density at radius 1 is 1.10 bits per heavy atom. The van der Waals surface area contributed by atoms with Crippen LogP contribution in [0, 0.1) is 0 Å². The van der Waals surface area contributed by atoms with Gasteiger partial charge in [0, 0.05) is 12.1 Å². The molecule has 0 aliphatic carbocycles. The number of carbonyl (C=O) groups excluding carboxylic acids is 2. The highest BCUT2D eigenvalue weighted by atomic mass is 32.1. The van der Waals surface area contributed by atoms with Gasteiger partial charge in [0.25, 0.3) is 11.8 Å². The second kappa shape index (κ2) is 10.1. The Morgan fingerprint density at radius 2 is 1.90 bits per heavy atom. The van der Waals surface area contributed by atoms with Gasteiger partial charge >= 0.3 is 0 Å². The Morgan fingerprint density at radius 3 is 2.58 bits per heavy atom. The highest BCUT2D eigenvalue weighted by Crippen LogP contribution is 2.31. The van der Waals surface area contributed by atoms with Crippen molar-refractivity contribution in [3.63, 3.8) is 0 Å². The summed E-state index contributed by atoms with van der Waals surface area (Å²) in [4.78, 5) is 25.6. The molecule has 0 saturated carbocycles. The second-order valence-corrected chi connectivity index (χ2v) is 8.31. The number of aromatic hydroxyl groups is 1. The smallest absolute Gasteiger partial charge is 0.261 e. The van der Waals surface area contributed by atoms with E-state index in [-0.39, 0.29) is 23.5 Å². The maximum Gasteiger partial charge on any atom is 0.261 e. The molecule has 0 saturated heterocycles. The number of amides is 2. The summed E-state index contributed by atoms with van der Waals surface area (Å²) in [5, 5.41) is 17.7. The average molecular weight is 439 g/mol. The van der Waals surface area contributed by atoms with Crippen LogP contribution in [0.5, 0.6) is 11.5 Å². The molecule has 0 radical (unpaired) electrons. The molecule has 7 heteroatoms. The zero-order chi connectivity index (χ0) is 22.4. The van der Waals surface area contributed by atoms with Crippen molar-refractivity contribution in [2.24, 2.45) is 0 Å². The van der Waals surface area contributed by atoms with E-state index in [1.165, 1.54) is 17.4 Å². The van der Waals surface area contributed by atoms with Crippen molar-refractivity contribution in [2.45, 2.75) is 26.2 Å². The number of hydrogen-bond acceptors (Lipinski definition) is 5. The fourth-order valence-electron chi connectivity index (χ4n) is 3.28. The number of methoxy groups -OCH3 is 1. The lowest BCUT2D eigenvalue weighted by Crippen LogP contribution is -2.25. The lowest BCUT2D eigenvalue weighted by atomic mass is 9.99. The number of nitrogens with one attached hydrogen (secondary N) is 2. The van der Waals surface area contributed by atoms with E-state index in [4.69, 9.17) is 4.74 Å². The zero-order valence-corrected chi connectivity index (χ0v) is 18.6. The third-order valence-corrected chi connectivity index (χ3v) is 5.75. The Kier molecular flexibility index (Phi) is 7.31. The van der Waals surface area contributed by atoms with Crippen LogP contribution < -0.4 is 15.4 Å². The SMILES string of the molecule is COc1c(CCNC(=O)c2cccs2)cccc1NC(=O)c1ccc(O)c(C(C)C)c1. The first-order valence-corrected chi connectivity index (χ1v) is 10.9. The summed E-state index contributed by atoms with van der Waals surface area (Å²) in [6.45, 7) is 4.36. The van der Waals surface area contributed by atoms with Crippen LogP contribution in [-0.4, -0.2) is 30.6 Å². The first-order valence-electron chi connectivity index (χ1n) is 10.0. The Balaban J connectivity index is 1.71. The maximum atomic E-state index is 12.8. The third-order valence-electron chi connectivity index (χ3n) is 4.89. The fourth-order valence-corrected chi connectivity index (χ4v) is 3.92. The maximum absolute atomic E-state index is 12.8.